The lowest BCUT2D eigenvalue weighted by Crippen LogP contribution is -2.54. The summed E-state index contributed by atoms with van der Waals surface area (Å²) in [5.74, 6) is -2.74. The molecule has 3 heterocycles. The lowest BCUT2D eigenvalue weighted by atomic mass is 9.76. The molecule has 4 atom stereocenters. The molecule has 0 aromatic heterocycles. The third-order valence-corrected chi connectivity index (χ3v) is 7.55. The average molecular weight is 425 g/mol. The minimum atomic E-state index is -1.30. The number of likely N-dealkylation sites (tertiary alicyclic amines) is 1. The normalized spacial score (nSPS) is 32.8. The molecule has 4 N–H and O–H groups in total. The molecular weight excluding hydrogens is 396 g/mol. The Bertz CT molecular complexity index is 955. The van der Waals surface area contributed by atoms with Gasteiger partial charge < -0.3 is 11.1 Å². The lowest BCUT2D eigenvalue weighted by Gasteiger charge is -2.32. The molecule has 164 valence electrons. The number of amides is 4. The minimum absolute atomic E-state index is 0.0884. The second-order valence-corrected chi connectivity index (χ2v) is 9.26. The van der Waals surface area contributed by atoms with E-state index < -0.39 is 29.3 Å². The highest BCUT2D eigenvalue weighted by Crippen LogP contribution is 2.54. The van der Waals surface area contributed by atoms with Gasteiger partial charge in [-0.05, 0) is 25.3 Å². The first kappa shape index (κ1) is 20.2. The molecule has 1 aromatic carbocycles. The van der Waals surface area contributed by atoms with E-state index >= 15 is 0 Å². The highest BCUT2D eigenvalue weighted by Gasteiger charge is 2.70. The van der Waals surface area contributed by atoms with Gasteiger partial charge in [-0.1, -0.05) is 43.9 Å². The van der Waals surface area contributed by atoms with Crippen molar-refractivity contribution in [1.82, 2.24) is 10.2 Å². The predicted octanol–water partition coefficient (Wildman–Crippen LogP) is 1.40. The van der Waals surface area contributed by atoms with Gasteiger partial charge in [0.25, 0.3) is 0 Å². The molecular formula is C23H28N4O4. The Labute approximate surface area is 180 Å². The van der Waals surface area contributed by atoms with E-state index in [2.05, 4.69) is 10.6 Å². The van der Waals surface area contributed by atoms with Crippen LogP contribution in [0.25, 0.3) is 0 Å². The quantitative estimate of drug-likeness (QED) is 0.498. The second kappa shape index (κ2) is 7.44. The molecule has 8 nitrogen and oxygen atoms in total. The van der Waals surface area contributed by atoms with Gasteiger partial charge in [-0.3, -0.25) is 29.4 Å². The molecule has 31 heavy (non-hydrogen) atoms. The third-order valence-electron chi connectivity index (χ3n) is 7.55. The number of para-hydroxylation sites is 1. The molecule has 8 heteroatoms. The largest absolute Gasteiger partial charge is 0.370 e. The molecule has 3 aliphatic heterocycles. The van der Waals surface area contributed by atoms with E-state index in [1.165, 1.54) is 4.90 Å². The van der Waals surface area contributed by atoms with Crippen molar-refractivity contribution in [2.75, 3.05) is 5.32 Å². The fourth-order valence-corrected chi connectivity index (χ4v) is 6.20. The van der Waals surface area contributed by atoms with E-state index in [0.29, 0.717) is 17.7 Å². The van der Waals surface area contributed by atoms with Crippen LogP contribution in [0.15, 0.2) is 24.3 Å². The summed E-state index contributed by atoms with van der Waals surface area (Å²) in [7, 11) is 0. The van der Waals surface area contributed by atoms with Gasteiger partial charge in [-0.15, -0.1) is 0 Å². The van der Waals surface area contributed by atoms with Crippen LogP contribution in [0.2, 0.25) is 0 Å². The van der Waals surface area contributed by atoms with Crippen LogP contribution in [0, 0.1) is 11.8 Å². The van der Waals surface area contributed by atoms with Crippen molar-refractivity contribution >= 4 is 29.3 Å². The van der Waals surface area contributed by atoms with Gasteiger partial charge >= 0.3 is 0 Å². The van der Waals surface area contributed by atoms with E-state index in [1.807, 2.05) is 18.2 Å². The maximum Gasteiger partial charge on any atom is 0.250 e. The first-order valence-corrected chi connectivity index (χ1v) is 11.3. The predicted molar refractivity (Wildman–Crippen MR) is 112 cm³/mol. The summed E-state index contributed by atoms with van der Waals surface area (Å²) in [6, 6.07) is 6.72. The number of hydrogen-bond acceptors (Lipinski definition) is 5. The smallest absolute Gasteiger partial charge is 0.250 e. The molecule has 5 rings (SSSR count). The standard InChI is InChI=1S/C23H28N4O4/c24-17(28)12-11-16-18-19(21(30)27(20(18)29)13-7-3-1-2-4-8-13)23(26-16)14-9-5-6-10-15(14)25-22(23)31/h5-6,9-10,13,16,18-19,26H,1-4,7-8,11-12H2,(H2,24,28)(H,25,31)/t16-,18+,19+,23-/m0/s1. The molecule has 3 fully saturated rings. The Hall–Kier alpha value is -2.74. The van der Waals surface area contributed by atoms with Crippen molar-refractivity contribution in [3.63, 3.8) is 0 Å². The number of nitrogens with one attached hydrogen (secondary N) is 2. The number of anilines is 1. The Kier molecular flexibility index (Phi) is 4.84. The molecule has 2 saturated heterocycles. The second-order valence-electron chi connectivity index (χ2n) is 9.26. The van der Waals surface area contributed by atoms with Crippen molar-refractivity contribution in [3.05, 3.63) is 29.8 Å². The highest BCUT2D eigenvalue weighted by atomic mass is 16.2. The molecule has 4 aliphatic rings. The van der Waals surface area contributed by atoms with E-state index in [4.69, 9.17) is 5.73 Å². The number of rotatable bonds is 4. The van der Waals surface area contributed by atoms with E-state index in [9.17, 15) is 19.2 Å². The van der Waals surface area contributed by atoms with Crippen LogP contribution in [0.5, 0.6) is 0 Å². The Morgan fingerprint density at radius 2 is 1.77 bits per heavy atom. The Morgan fingerprint density at radius 3 is 2.48 bits per heavy atom. The van der Waals surface area contributed by atoms with Gasteiger partial charge in [0.2, 0.25) is 23.6 Å². The summed E-state index contributed by atoms with van der Waals surface area (Å²) in [6.07, 6.45) is 6.24. The number of carbonyl (C=O) groups is 4. The number of benzene rings is 1. The zero-order chi connectivity index (χ0) is 21.8. The molecule has 0 unspecified atom stereocenters. The first-order valence-electron chi connectivity index (χ1n) is 11.3. The summed E-state index contributed by atoms with van der Waals surface area (Å²) in [5.41, 5.74) is 5.43. The van der Waals surface area contributed by atoms with Crippen molar-refractivity contribution < 1.29 is 19.2 Å². The van der Waals surface area contributed by atoms with E-state index in [1.54, 1.807) is 6.07 Å². The summed E-state index contributed by atoms with van der Waals surface area (Å²) in [4.78, 5) is 53.7. The molecule has 1 aromatic rings. The monoisotopic (exact) mass is 424 g/mol. The van der Waals surface area contributed by atoms with Crippen LogP contribution < -0.4 is 16.4 Å². The number of fused-ring (bicyclic) bond motifs is 4. The van der Waals surface area contributed by atoms with Crippen LogP contribution in [-0.2, 0) is 24.7 Å². The summed E-state index contributed by atoms with van der Waals surface area (Å²) < 4.78 is 0. The van der Waals surface area contributed by atoms with Crippen molar-refractivity contribution in [3.8, 4) is 0 Å². The number of nitrogens with zero attached hydrogens (tertiary/aromatic N) is 1. The fourth-order valence-electron chi connectivity index (χ4n) is 6.20. The van der Waals surface area contributed by atoms with Gasteiger partial charge in [0.1, 0.15) is 5.54 Å². The Morgan fingerprint density at radius 1 is 1.06 bits per heavy atom. The fraction of sp³-hybridized carbons (Fsp3) is 0.565. The summed E-state index contributed by atoms with van der Waals surface area (Å²) in [5, 5.41) is 6.23. The summed E-state index contributed by atoms with van der Waals surface area (Å²) in [6.45, 7) is 0. The summed E-state index contributed by atoms with van der Waals surface area (Å²) >= 11 is 0. The molecule has 1 aliphatic carbocycles. The molecule has 1 spiro atoms. The molecule has 1 saturated carbocycles. The zero-order valence-electron chi connectivity index (χ0n) is 17.4. The van der Waals surface area contributed by atoms with E-state index in [0.717, 1.165) is 38.5 Å². The number of imide groups is 1. The number of hydrogen-bond donors (Lipinski definition) is 3. The van der Waals surface area contributed by atoms with Crippen LogP contribution in [0.4, 0.5) is 5.69 Å². The van der Waals surface area contributed by atoms with Gasteiger partial charge in [0.15, 0.2) is 0 Å². The maximum absolute atomic E-state index is 13.8. The van der Waals surface area contributed by atoms with Gasteiger partial charge in [0.05, 0.1) is 11.8 Å². The van der Waals surface area contributed by atoms with Crippen LogP contribution >= 0.6 is 0 Å². The highest BCUT2D eigenvalue weighted by molar-refractivity contribution is 6.15. The third kappa shape index (κ3) is 2.91. The number of carbonyl (C=O) groups excluding carboxylic acids is 4. The average Bonchev–Trinajstić information content (AvgIpc) is 3.21. The van der Waals surface area contributed by atoms with Crippen LogP contribution in [-0.4, -0.2) is 40.6 Å². The van der Waals surface area contributed by atoms with Crippen molar-refractivity contribution in [2.24, 2.45) is 17.6 Å². The Balaban J connectivity index is 1.58. The number of nitrogens with two attached hydrogens (primary N) is 1. The van der Waals surface area contributed by atoms with Gasteiger partial charge in [-0.2, -0.15) is 0 Å². The zero-order valence-corrected chi connectivity index (χ0v) is 17.4. The SMILES string of the molecule is NC(=O)CC[C@@H]1N[C@]2(C(=O)Nc3ccccc32)[C@H]2C(=O)N(C3CCCCCC3)C(=O)[C@H]12. The maximum atomic E-state index is 13.8. The molecule has 4 amide bonds. The topological polar surface area (TPSA) is 122 Å². The van der Waals surface area contributed by atoms with Gasteiger partial charge in [0, 0.05) is 29.8 Å². The van der Waals surface area contributed by atoms with Gasteiger partial charge in [-0.25, -0.2) is 0 Å². The number of primary amides is 1. The van der Waals surface area contributed by atoms with Crippen molar-refractivity contribution in [2.45, 2.75) is 69.0 Å². The molecule has 0 bridgehead atoms. The first-order chi connectivity index (χ1) is 14.9. The van der Waals surface area contributed by atoms with Crippen molar-refractivity contribution in [1.29, 1.82) is 0 Å². The lowest BCUT2D eigenvalue weighted by molar-refractivity contribution is -0.145. The van der Waals surface area contributed by atoms with E-state index in [-0.39, 0.29) is 30.2 Å². The van der Waals surface area contributed by atoms with Crippen LogP contribution in [0.1, 0.15) is 56.9 Å². The van der Waals surface area contributed by atoms with Crippen LogP contribution in [0.3, 0.4) is 0 Å². The minimum Gasteiger partial charge on any atom is -0.370 e. The molecule has 0 radical (unpaired) electrons.